The molecule has 0 aliphatic carbocycles. The smallest absolute Gasteiger partial charge is 0.303 e. The second-order valence-corrected chi connectivity index (χ2v) is 5.38. The van der Waals surface area contributed by atoms with E-state index in [2.05, 4.69) is 5.32 Å². The number of benzene rings is 1. The number of carboxylic acids is 1. The Morgan fingerprint density at radius 2 is 2.00 bits per heavy atom. The summed E-state index contributed by atoms with van der Waals surface area (Å²) in [6.07, 6.45) is 2.25. The first kappa shape index (κ1) is 16.1. The van der Waals surface area contributed by atoms with Crippen molar-refractivity contribution in [2.75, 3.05) is 12.8 Å². The van der Waals surface area contributed by atoms with E-state index in [0.29, 0.717) is 23.6 Å². The summed E-state index contributed by atoms with van der Waals surface area (Å²) < 4.78 is 0. The van der Waals surface area contributed by atoms with Gasteiger partial charge in [0.2, 0.25) is 0 Å². The molecule has 0 radical (unpaired) electrons. The van der Waals surface area contributed by atoms with Crippen molar-refractivity contribution in [2.45, 2.75) is 17.7 Å². The molecule has 0 spiro atoms. The molecule has 7 heteroatoms. The number of hydrogen-bond donors (Lipinski definition) is 2. The van der Waals surface area contributed by atoms with Crippen LogP contribution in [0.15, 0.2) is 17.0 Å². The number of halogens is 2. The lowest BCUT2D eigenvalue weighted by Crippen LogP contribution is -2.25. The Morgan fingerprint density at radius 3 is 2.58 bits per heavy atom. The molecule has 0 saturated carbocycles. The van der Waals surface area contributed by atoms with Crippen LogP contribution in [0.2, 0.25) is 10.0 Å². The molecular weight excluding hydrogens is 309 g/mol. The highest BCUT2D eigenvalue weighted by molar-refractivity contribution is 7.98. The van der Waals surface area contributed by atoms with Gasteiger partial charge in [0.05, 0.1) is 15.6 Å². The molecule has 104 valence electrons. The molecule has 0 aromatic heterocycles. The zero-order valence-electron chi connectivity index (χ0n) is 10.2. The summed E-state index contributed by atoms with van der Waals surface area (Å²) in [6.45, 7) is 0.290. The standard InChI is InChI=1S/C12H13Cl2NO3S/c1-19-10-5-7(8(13)6-9(10)14)12(18)15-4-2-3-11(16)17/h5-6H,2-4H2,1H3,(H,15,18)(H,16,17). The van der Waals surface area contributed by atoms with Gasteiger partial charge in [-0.05, 0) is 24.8 Å². The summed E-state index contributed by atoms with van der Waals surface area (Å²) in [5, 5.41) is 11.9. The van der Waals surface area contributed by atoms with Crippen LogP contribution in [0, 0.1) is 0 Å². The molecule has 0 bridgehead atoms. The summed E-state index contributed by atoms with van der Waals surface area (Å²) in [7, 11) is 0. The fourth-order valence-electron chi connectivity index (χ4n) is 1.40. The molecule has 19 heavy (non-hydrogen) atoms. The first-order valence-electron chi connectivity index (χ1n) is 5.48. The second-order valence-electron chi connectivity index (χ2n) is 3.72. The Balaban J connectivity index is 2.69. The van der Waals surface area contributed by atoms with Crippen molar-refractivity contribution in [3.8, 4) is 0 Å². The minimum Gasteiger partial charge on any atom is -0.481 e. The third kappa shape index (κ3) is 4.93. The minimum absolute atomic E-state index is 0.0185. The fraction of sp³-hybridized carbons (Fsp3) is 0.333. The highest BCUT2D eigenvalue weighted by Crippen LogP contribution is 2.31. The average molecular weight is 322 g/mol. The number of thioether (sulfide) groups is 1. The van der Waals surface area contributed by atoms with Crippen molar-refractivity contribution in [1.82, 2.24) is 5.32 Å². The zero-order chi connectivity index (χ0) is 14.4. The Hall–Kier alpha value is -0.910. The lowest BCUT2D eigenvalue weighted by atomic mass is 10.2. The number of aliphatic carboxylic acids is 1. The van der Waals surface area contributed by atoms with Gasteiger partial charge in [-0.25, -0.2) is 0 Å². The lowest BCUT2D eigenvalue weighted by Gasteiger charge is -2.09. The number of carboxylic acid groups (broad SMARTS) is 1. The van der Waals surface area contributed by atoms with Gasteiger partial charge in [-0.3, -0.25) is 9.59 Å². The van der Waals surface area contributed by atoms with Gasteiger partial charge >= 0.3 is 5.97 Å². The van der Waals surface area contributed by atoms with Crippen molar-refractivity contribution in [1.29, 1.82) is 0 Å². The van der Waals surface area contributed by atoms with E-state index in [-0.39, 0.29) is 17.4 Å². The first-order chi connectivity index (χ1) is 8.95. The van der Waals surface area contributed by atoms with Crippen molar-refractivity contribution in [3.63, 3.8) is 0 Å². The Morgan fingerprint density at radius 1 is 1.32 bits per heavy atom. The molecule has 0 heterocycles. The van der Waals surface area contributed by atoms with Crippen LogP contribution in [0.5, 0.6) is 0 Å². The van der Waals surface area contributed by atoms with Crippen LogP contribution in [-0.2, 0) is 4.79 Å². The molecule has 0 aliphatic rings. The van der Waals surface area contributed by atoms with Gasteiger partial charge in [-0.1, -0.05) is 23.2 Å². The van der Waals surface area contributed by atoms with Gasteiger partial charge in [0.1, 0.15) is 0 Å². The van der Waals surface area contributed by atoms with Crippen LogP contribution in [0.1, 0.15) is 23.2 Å². The Labute approximate surface area is 125 Å². The van der Waals surface area contributed by atoms with Gasteiger partial charge in [-0.15, -0.1) is 11.8 Å². The number of rotatable bonds is 6. The van der Waals surface area contributed by atoms with Gasteiger partial charge in [0, 0.05) is 17.9 Å². The van der Waals surface area contributed by atoms with Crippen LogP contribution in [0.3, 0.4) is 0 Å². The Kier molecular flexibility index (Phi) is 6.48. The summed E-state index contributed by atoms with van der Waals surface area (Å²) in [5.41, 5.74) is 0.339. The van der Waals surface area contributed by atoms with E-state index < -0.39 is 5.97 Å². The highest BCUT2D eigenvalue weighted by Gasteiger charge is 2.13. The van der Waals surface area contributed by atoms with E-state index >= 15 is 0 Å². The Bertz CT molecular complexity index is 494. The molecule has 0 saturated heterocycles. The fourth-order valence-corrected chi connectivity index (χ4v) is 2.59. The van der Waals surface area contributed by atoms with Crippen LogP contribution in [0.4, 0.5) is 0 Å². The largest absolute Gasteiger partial charge is 0.481 e. The third-order valence-electron chi connectivity index (χ3n) is 2.34. The van der Waals surface area contributed by atoms with Gasteiger partial charge in [-0.2, -0.15) is 0 Å². The number of carbonyl (C=O) groups is 2. The number of nitrogens with one attached hydrogen (secondary N) is 1. The highest BCUT2D eigenvalue weighted by atomic mass is 35.5. The summed E-state index contributed by atoms with van der Waals surface area (Å²) >= 11 is 13.4. The molecule has 4 nitrogen and oxygen atoms in total. The molecule has 2 N–H and O–H groups in total. The van der Waals surface area contributed by atoms with Gasteiger partial charge in [0.25, 0.3) is 5.91 Å². The predicted octanol–water partition coefficient (Wildman–Crippen LogP) is 3.31. The van der Waals surface area contributed by atoms with Crippen molar-refractivity contribution in [3.05, 3.63) is 27.7 Å². The molecule has 0 unspecified atom stereocenters. The quantitative estimate of drug-likeness (QED) is 0.623. The normalized spacial score (nSPS) is 10.3. The maximum atomic E-state index is 11.9. The second kappa shape index (κ2) is 7.62. The van der Waals surface area contributed by atoms with E-state index in [0.717, 1.165) is 4.90 Å². The maximum absolute atomic E-state index is 11.9. The SMILES string of the molecule is CSc1cc(C(=O)NCCCC(=O)O)c(Cl)cc1Cl. The van der Waals surface area contributed by atoms with E-state index in [1.165, 1.54) is 17.8 Å². The topological polar surface area (TPSA) is 66.4 Å². The van der Waals surface area contributed by atoms with Crippen molar-refractivity contribution in [2.24, 2.45) is 0 Å². The molecule has 0 fully saturated rings. The van der Waals surface area contributed by atoms with Crippen LogP contribution in [0.25, 0.3) is 0 Å². The van der Waals surface area contributed by atoms with Crippen molar-refractivity contribution >= 4 is 46.8 Å². The van der Waals surface area contributed by atoms with Crippen LogP contribution < -0.4 is 5.32 Å². The molecular formula is C12H13Cl2NO3S. The summed E-state index contributed by atoms with van der Waals surface area (Å²) in [4.78, 5) is 23.0. The van der Waals surface area contributed by atoms with E-state index in [1.54, 1.807) is 6.07 Å². The maximum Gasteiger partial charge on any atom is 0.303 e. The third-order valence-corrected chi connectivity index (χ3v) is 3.85. The zero-order valence-corrected chi connectivity index (χ0v) is 12.5. The average Bonchev–Trinajstić information content (AvgIpc) is 2.34. The van der Waals surface area contributed by atoms with Crippen molar-refractivity contribution < 1.29 is 14.7 Å². The summed E-state index contributed by atoms with van der Waals surface area (Å²) in [5.74, 6) is -1.22. The van der Waals surface area contributed by atoms with E-state index in [1.807, 2.05) is 6.26 Å². The molecule has 1 aromatic rings. The predicted molar refractivity (Wildman–Crippen MR) is 77.4 cm³/mol. The summed E-state index contributed by atoms with van der Waals surface area (Å²) in [6, 6.07) is 3.16. The van der Waals surface area contributed by atoms with E-state index in [4.69, 9.17) is 28.3 Å². The number of hydrogen-bond acceptors (Lipinski definition) is 3. The molecule has 1 aromatic carbocycles. The lowest BCUT2D eigenvalue weighted by molar-refractivity contribution is -0.137. The van der Waals surface area contributed by atoms with Gasteiger partial charge in [0.15, 0.2) is 0 Å². The first-order valence-corrected chi connectivity index (χ1v) is 7.46. The molecule has 0 atom stereocenters. The molecule has 1 rings (SSSR count). The van der Waals surface area contributed by atoms with Gasteiger partial charge < -0.3 is 10.4 Å². The number of carbonyl (C=O) groups excluding carboxylic acids is 1. The monoisotopic (exact) mass is 321 g/mol. The van der Waals surface area contributed by atoms with Crippen LogP contribution >= 0.6 is 35.0 Å². The van der Waals surface area contributed by atoms with E-state index in [9.17, 15) is 9.59 Å². The molecule has 1 amide bonds. The van der Waals surface area contributed by atoms with Crippen LogP contribution in [-0.4, -0.2) is 29.8 Å². The minimum atomic E-state index is -0.886. The number of amides is 1. The molecule has 0 aliphatic heterocycles.